The van der Waals surface area contributed by atoms with E-state index in [0.717, 1.165) is 62.5 Å². The molecule has 128 valence electrons. The van der Waals surface area contributed by atoms with Gasteiger partial charge in [-0.25, -0.2) is 0 Å². The predicted octanol–water partition coefficient (Wildman–Crippen LogP) is 3.95. The monoisotopic (exact) mass is 346 g/mol. The molecule has 2 aliphatic heterocycles. The Balaban J connectivity index is 1.42. The topological polar surface area (TPSA) is 45.3 Å². The van der Waals surface area contributed by atoms with Gasteiger partial charge in [-0.2, -0.15) is 0 Å². The highest BCUT2D eigenvalue weighted by Crippen LogP contribution is 2.34. The molecule has 2 aliphatic rings. The minimum absolute atomic E-state index is 0.172. The average Bonchev–Trinajstić information content (AvgIpc) is 3.05. The summed E-state index contributed by atoms with van der Waals surface area (Å²) in [7, 11) is 0. The maximum atomic E-state index is 12.6. The van der Waals surface area contributed by atoms with Crippen molar-refractivity contribution in [2.45, 2.75) is 31.6 Å². The van der Waals surface area contributed by atoms with Crippen LogP contribution in [0.5, 0.6) is 0 Å². The number of benzene rings is 1. The maximum absolute atomic E-state index is 12.6. The van der Waals surface area contributed by atoms with Gasteiger partial charge in [0.15, 0.2) is 0 Å². The molecule has 24 heavy (non-hydrogen) atoms. The van der Waals surface area contributed by atoms with Gasteiger partial charge in [0.25, 0.3) is 0 Å². The number of rotatable bonds is 2. The van der Waals surface area contributed by atoms with E-state index in [2.05, 4.69) is 22.1 Å². The Morgan fingerprint density at radius 3 is 2.67 bits per heavy atom. The highest BCUT2D eigenvalue weighted by atomic mass is 35.5. The second kappa shape index (κ2) is 6.77. The van der Waals surface area contributed by atoms with E-state index in [0.29, 0.717) is 11.8 Å². The molecule has 2 saturated heterocycles. The fourth-order valence-electron chi connectivity index (χ4n) is 4.07. The highest BCUT2D eigenvalue weighted by Gasteiger charge is 2.30. The summed E-state index contributed by atoms with van der Waals surface area (Å²) in [6, 6.07) is 6.03. The maximum Gasteiger partial charge on any atom is 0.225 e. The molecule has 3 heterocycles. The lowest BCUT2D eigenvalue weighted by molar-refractivity contribution is -0.139. The van der Waals surface area contributed by atoms with E-state index in [9.17, 15) is 4.79 Å². The number of H-pyrrole nitrogens is 1. The minimum Gasteiger partial charge on any atom is -0.381 e. The largest absolute Gasteiger partial charge is 0.381 e. The molecule has 0 saturated carbocycles. The van der Waals surface area contributed by atoms with E-state index < -0.39 is 0 Å². The Bertz CT molecular complexity index is 728. The van der Waals surface area contributed by atoms with Crippen LogP contribution >= 0.6 is 11.6 Å². The van der Waals surface area contributed by atoms with Crippen LogP contribution in [0, 0.1) is 5.92 Å². The zero-order valence-corrected chi connectivity index (χ0v) is 14.5. The number of likely N-dealkylation sites (tertiary alicyclic amines) is 1. The van der Waals surface area contributed by atoms with Crippen LogP contribution in [0.3, 0.4) is 0 Å². The van der Waals surface area contributed by atoms with Crippen molar-refractivity contribution in [1.29, 1.82) is 0 Å². The molecule has 2 aromatic rings. The van der Waals surface area contributed by atoms with Crippen molar-refractivity contribution in [1.82, 2.24) is 9.88 Å². The van der Waals surface area contributed by atoms with Crippen LogP contribution in [-0.2, 0) is 9.53 Å². The van der Waals surface area contributed by atoms with Crippen LogP contribution in [0.1, 0.15) is 37.2 Å². The Hall–Kier alpha value is -1.52. The summed E-state index contributed by atoms with van der Waals surface area (Å²) in [5.41, 5.74) is 2.46. The number of amides is 1. The van der Waals surface area contributed by atoms with Crippen LogP contribution < -0.4 is 0 Å². The first-order valence-corrected chi connectivity index (χ1v) is 9.23. The molecule has 5 heteroatoms. The fraction of sp³-hybridized carbons (Fsp3) is 0.526. The third-order valence-electron chi connectivity index (χ3n) is 5.49. The number of aromatic amines is 1. The minimum atomic E-state index is 0.172. The van der Waals surface area contributed by atoms with Crippen molar-refractivity contribution in [2.24, 2.45) is 5.92 Å². The van der Waals surface area contributed by atoms with Crippen LogP contribution in [-0.4, -0.2) is 42.1 Å². The number of nitrogens with one attached hydrogen (secondary N) is 1. The third-order valence-corrected chi connectivity index (χ3v) is 5.73. The molecule has 1 N–H and O–H groups in total. The molecular formula is C19H23ClN2O2. The van der Waals surface area contributed by atoms with E-state index >= 15 is 0 Å². The SMILES string of the molecule is O=C(C1CCOCC1)N1CCC(c2c[nH]c3cc(Cl)ccc23)CC1. The Morgan fingerprint density at radius 1 is 1.17 bits per heavy atom. The second-order valence-corrected chi connectivity index (χ2v) is 7.36. The predicted molar refractivity (Wildman–Crippen MR) is 95.4 cm³/mol. The number of hydrogen-bond acceptors (Lipinski definition) is 2. The number of aromatic nitrogens is 1. The molecule has 1 amide bonds. The van der Waals surface area contributed by atoms with E-state index in [1.54, 1.807) is 0 Å². The summed E-state index contributed by atoms with van der Waals surface area (Å²) in [5, 5.41) is 2.02. The number of carbonyl (C=O) groups excluding carboxylic acids is 1. The van der Waals surface area contributed by atoms with E-state index in [1.165, 1.54) is 10.9 Å². The number of halogens is 1. The first-order valence-electron chi connectivity index (χ1n) is 8.85. The smallest absolute Gasteiger partial charge is 0.225 e. The third kappa shape index (κ3) is 3.05. The summed E-state index contributed by atoms with van der Waals surface area (Å²) in [6.07, 6.45) is 5.93. The highest BCUT2D eigenvalue weighted by molar-refractivity contribution is 6.31. The number of fused-ring (bicyclic) bond motifs is 1. The van der Waals surface area contributed by atoms with Gasteiger partial charge in [-0.3, -0.25) is 4.79 Å². The van der Waals surface area contributed by atoms with Gasteiger partial charge in [0.05, 0.1) is 0 Å². The molecule has 0 spiro atoms. The van der Waals surface area contributed by atoms with E-state index in [1.807, 2.05) is 12.1 Å². The van der Waals surface area contributed by atoms with Gasteiger partial charge < -0.3 is 14.6 Å². The molecule has 0 aliphatic carbocycles. The molecule has 4 rings (SSSR count). The van der Waals surface area contributed by atoms with E-state index in [-0.39, 0.29) is 5.92 Å². The molecule has 0 radical (unpaired) electrons. The number of hydrogen-bond donors (Lipinski definition) is 1. The molecule has 0 atom stereocenters. The van der Waals surface area contributed by atoms with Gasteiger partial charge in [0.1, 0.15) is 0 Å². The summed E-state index contributed by atoms with van der Waals surface area (Å²) < 4.78 is 5.37. The summed E-state index contributed by atoms with van der Waals surface area (Å²) in [5.74, 6) is 1.02. The van der Waals surface area contributed by atoms with Gasteiger partial charge in [0.2, 0.25) is 5.91 Å². The Kier molecular flexibility index (Phi) is 4.51. The van der Waals surface area contributed by atoms with Crippen LogP contribution in [0.4, 0.5) is 0 Å². The normalized spacial score (nSPS) is 20.6. The van der Waals surface area contributed by atoms with Crippen molar-refractivity contribution in [3.05, 3.63) is 35.0 Å². The average molecular weight is 347 g/mol. The molecule has 0 bridgehead atoms. The van der Waals surface area contributed by atoms with Crippen LogP contribution in [0.15, 0.2) is 24.4 Å². The van der Waals surface area contributed by atoms with Crippen molar-refractivity contribution in [3.8, 4) is 0 Å². The zero-order chi connectivity index (χ0) is 16.5. The number of piperidine rings is 1. The molecule has 1 aromatic carbocycles. The van der Waals surface area contributed by atoms with Crippen molar-refractivity contribution < 1.29 is 9.53 Å². The van der Waals surface area contributed by atoms with E-state index in [4.69, 9.17) is 16.3 Å². The molecule has 2 fully saturated rings. The second-order valence-electron chi connectivity index (χ2n) is 6.92. The quantitative estimate of drug-likeness (QED) is 0.894. The zero-order valence-electron chi connectivity index (χ0n) is 13.8. The van der Waals surface area contributed by atoms with Crippen molar-refractivity contribution in [3.63, 3.8) is 0 Å². The van der Waals surface area contributed by atoms with Crippen LogP contribution in [0.25, 0.3) is 10.9 Å². The lowest BCUT2D eigenvalue weighted by atomic mass is 9.88. The first-order chi connectivity index (χ1) is 11.7. The Labute approximate surface area is 147 Å². The number of carbonyl (C=O) groups is 1. The lowest BCUT2D eigenvalue weighted by Gasteiger charge is -2.35. The number of ether oxygens (including phenoxy) is 1. The summed E-state index contributed by atoms with van der Waals surface area (Å²) in [4.78, 5) is 18.0. The lowest BCUT2D eigenvalue weighted by Crippen LogP contribution is -2.42. The molecule has 4 nitrogen and oxygen atoms in total. The van der Waals surface area contributed by atoms with Gasteiger partial charge in [0, 0.05) is 54.3 Å². The van der Waals surface area contributed by atoms with Gasteiger partial charge in [-0.15, -0.1) is 0 Å². The molecule has 1 aromatic heterocycles. The Morgan fingerprint density at radius 2 is 1.92 bits per heavy atom. The summed E-state index contributed by atoms with van der Waals surface area (Å²) in [6.45, 7) is 3.18. The van der Waals surface area contributed by atoms with Gasteiger partial charge >= 0.3 is 0 Å². The molecular weight excluding hydrogens is 324 g/mol. The van der Waals surface area contributed by atoms with Crippen molar-refractivity contribution in [2.75, 3.05) is 26.3 Å². The summed E-state index contributed by atoms with van der Waals surface area (Å²) >= 11 is 6.07. The van der Waals surface area contributed by atoms with Crippen LogP contribution in [0.2, 0.25) is 5.02 Å². The van der Waals surface area contributed by atoms with Crippen molar-refractivity contribution >= 4 is 28.4 Å². The van der Waals surface area contributed by atoms with Gasteiger partial charge in [-0.1, -0.05) is 17.7 Å². The number of nitrogens with zero attached hydrogens (tertiary/aromatic N) is 1. The first kappa shape index (κ1) is 16.0. The van der Waals surface area contributed by atoms with Gasteiger partial charge in [-0.05, 0) is 49.3 Å². The fourth-order valence-corrected chi connectivity index (χ4v) is 4.24. The standard InChI is InChI=1S/C19H23ClN2O2/c20-15-1-2-16-17(12-21-18(16)11-15)13-3-7-22(8-4-13)19(23)14-5-9-24-10-6-14/h1-2,11-14,21H,3-10H2. The molecule has 0 unspecified atom stereocenters.